The zero-order chi connectivity index (χ0) is 22.5. The first-order valence-electron chi connectivity index (χ1n) is 9.50. The average Bonchev–Trinajstić information content (AvgIpc) is 2.70. The van der Waals surface area contributed by atoms with Crippen LogP contribution in [0, 0.1) is 11.8 Å². The quantitative estimate of drug-likeness (QED) is 0.618. The lowest BCUT2D eigenvalue weighted by Crippen LogP contribution is -2.63. The van der Waals surface area contributed by atoms with Crippen molar-refractivity contribution in [2.24, 2.45) is 0 Å². The minimum absolute atomic E-state index is 0.0363. The van der Waals surface area contributed by atoms with Crippen LogP contribution in [0.4, 0.5) is 0 Å². The Morgan fingerprint density at radius 2 is 1.93 bits per heavy atom. The van der Waals surface area contributed by atoms with E-state index in [4.69, 9.17) is 4.74 Å². The van der Waals surface area contributed by atoms with Gasteiger partial charge in [0.25, 0.3) is 0 Å². The molecule has 0 bridgehead atoms. The lowest BCUT2D eigenvalue weighted by atomic mass is 10.1. The van der Waals surface area contributed by atoms with Crippen LogP contribution in [0.15, 0.2) is 29.2 Å². The van der Waals surface area contributed by atoms with Crippen molar-refractivity contribution in [3.05, 3.63) is 24.3 Å². The first-order valence-corrected chi connectivity index (χ1v) is 10.9. The minimum atomic E-state index is -4.07. The number of carboxylic acid groups (broad SMARTS) is 1. The summed E-state index contributed by atoms with van der Waals surface area (Å²) in [6, 6.07) is 3.62. The third-order valence-corrected chi connectivity index (χ3v) is 6.87. The van der Waals surface area contributed by atoms with Gasteiger partial charge in [-0.2, -0.15) is 4.31 Å². The average molecular weight is 438 g/mol. The predicted octanol–water partition coefficient (Wildman–Crippen LogP) is 0.371. The molecule has 1 aromatic rings. The number of nitrogens with zero attached hydrogens (tertiary/aromatic N) is 2. The molecule has 30 heavy (non-hydrogen) atoms. The van der Waals surface area contributed by atoms with E-state index in [9.17, 15) is 23.1 Å². The first kappa shape index (κ1) is 23.7. The Labute approximate surface area is 177 Å². The van der Waals surface area contributed by atoms with Gasteiger partial charge in [0.15, 0.2) is 0 Å². The summed E-state index contributed by atoms with van der Waals surface area (Å²) >= 11 is 0. The number of carbonyl (C=O) groups excluding carboxylic acids is 1. The van der Waals surface area contributed by atoms with E-state index < -0.39 is 28.1 Å². The molecule has 0 aliphatic carbocycles. The zero-order valence-electron chi connectivity index (χ0n) is 17.5. The number of rotatable bonds is 6. The van der Waals surface area contributed by atoms with Gasteiger partial charge in [-0.1, -0.05) is 11.8 Å². The van der Waals surface area contributed by atoms with Gasteiger partial charge in [0.05, 0.1) is 17.0 Å². The van der Waals surface area contributed by atoms with Crippen LogP contribution in [0.3, 0.4) is 0 Å². The van der Waals surface area contributed by atoms with Crippen LogP contribution in [0.5, 0.6) is 5.75 Å². The third-order valence-electron chi connectivity index (χ3n) is 4.97. The number of amides is 1. The maximum absolute atomic E-state index is 13.1. The van der Waals surface area contributed by atoms with E-state index >= 15 is 0 Å². The van der Waals surface area contributed by atoms with Crippen molar-refractivity contribution in [3.8, 4) is 17.6 Å². The van der Waals surface area contributed by atoms with Crippen molar-refractivity contribution in [1.82, 2.24) is 14.5 Å². The zero-order valence-corrected chi connectivity index (χ0v) is 18.3. The molecule has 2 rings (SSSR count). The van der Waals surface area contributed by atoms with E-state index in [0.717, 1.165) is 4.31 Å². The van der Waals surface area contributed by atoms with Gasteiger partial charge in [0.2, 0.25) is 15.9 Å². The number of hydrogen-bond donors (Lipinski definition) is 2. The Kier molecular flexibility index (Phi) is 7.83. The summed E-state index contributed by atoms with van der Waals surface area (Å²) in [4.78, 5) is 24.9. The second-order valence-electron chi connectivity index (χ2n) is 6.94. The van der Waals surface area contributed by atoms with E-state index in [2.05, 4.69) is 17.2 Å². The fourth-order valence-electron chi connectivity index (χ4n) is 3.23. The van der Waals surface area contributed by atoms with Crippen LogP contribution in [0.25, 0.3) is 0 Å². The molecule has 1 heterocycles. The molecule has 164 valence electrons. The molecule has 9 nitrogen and oxygen atoms in total. The lowest BCUT2D eigenvalue weighted by Gasteiger charge is -2.43. The fourth-order valence-corrected chi connectivity index (χ4v) is 4.87. The number of piperazine rings is 1. The molecule has 0 spiro atoms. The maximum Gasteiger partial charge on any atom is 0.324 e. The van der Waals surface area contributed by atoms with Gasteiger partial charge in [-0.15, -0.1) is 0 Å². The van der Waals surface area contributed by atoms with Gasteiger partial charge < -0.3 is 20.1 Å². The number of sulfonamides is 1. The number of nitrogens with one attached hydrogen (secondary N) is 1. The molecular formula is C20H27N3O6S. The summed E-state index contributed by atoms with van der Waals surface area (Å²) < 4.78 is 32.6. The van der Waals surface area contributed by atoms with Gasteiger partial charge in [-0.25, -0.2) is 8.42 Å². The summed E-state index contributed by atoms with van der Waals surface area (Å²) in [7, 11) is -2.27. The van der Waals surface area contributed by atoms with E-state index in [1.807, 2.05) is 6.92 Å². The highest BCUT2D eigenvalue weighted by atomic mass is 32.2. The van der Waals surface area contributed by atoms with Crippen LogP contribution < -0.4 is 10.1 Å². The summed E-state index contributed by atoms with van der Waals surface area (Å²) in [5, 5.41) is 12.6. The second kappa shape index (κ2) is 9.93. The van der Waals surface area contributed by atoms with Gasteiger partial charge in [-0.3, -0.25) is 9.59 Å². The van der Waals surface area contributed by atoms with Crippen molar-refractivity contribution in [2.75, 3.05) is 26.7 Å². The molecule has 1 aliphatic heterocycles. The number of carboxylic acids is 1. The van der Waals surface area contributed by atoms with Crippen LogP contribution >= 0.6 is 0 Å². The van der Waals surface area contributed by atoms with E-state index in [1.165, 1.54) is 43.0 Å². The van der Waals surface area contributed by atoms with Crippen molar-refractivity contribution in [3.63, 3.8) is 0 Å². The molecule has 2 N–H and O–H groups in total. The molecule has 0 saturated carbocycles. The van der Waals surface area contributed by atoms with Crippen LogP contribution in [-0.2, 0) is 19.6 Å². The van der Waals surface area contributed by atoms with Crippen LogP contribution in [-0.4, -0.2) is 79.5 Å². The van der Waals surface area contributed by atoms with Gasteiger partial charge in [-0.05, 0) is 45.2 Å². The van der Waals surface area contributed by atoms with Crippen LogP contribution in [0.1, 0.15) is 20.8 Å². The number of benzene rings is 1. The Bertz CT molecular complexity index is 936. The molecule has 1 fully saturated rings. The topological polar surface area (TPSA) is 116 Å². The van der Waals surface area contributed by atoms with Crippen LogP contribution in [0.2, 0.25) is 0 Å². The minimum Gasteiger partial charge on any atom is -0.481 e. The summed E-state index contributed by atoms with van der Waals surface area (Å²) in [6.45, 7) is 4.97. The number of hydrogen-bond acceptors (Lipinski definition) is 6. The van der Waals surface area contributed by atoms with Gasteiger partial charge in [0, 0.05) is 20.0 Å². The lowest BCUT2D eigenvalue weighted by molar-refractivity contribution is -0.148. The molecule has 1 aromatic carbocycles. The highest BCUT2D eigenvalue weighted by Crippen LogP contribution is 2.26. The van der Waals surface area contributed by atoms with Gasteiger partial charge >= 0.3 is 5.97 Å². The highest BCUT2D eigenvalue weighted by Gasteiger charge is 2.45. The highest BCUT2D eigenvalue weighted by molar-refractivity contribution is 7.89. The number of carbonyl (C=O) groups is 2. The largest absolute Gasteiger partial charge is 0.481 e. The normalized spacial score (nSPS) is 20.7. The van der Waals surface area contributed by atoms with E-state index in [0.29, 0.717) is 5.75 Å². The fraction of sp³-hybridized carbons (Fsp3) is 0.500. The number of aliphatic carboxylic acids is 1. The second-order valence-corrected chi connectivity index (χ2v) is 8.83. The molecule has 0 radical (unpaired) electrons. The number of ether oxygens (including phenoxy) is 1. The molecule has 3 unspecified atom stereocenters. The first-order chi connectivity index (χ1) is 14.1. The smallest absolute Gasteiger partial charge is 0.324 e. The summed E-state index contributed by atoms with van der Waals surface area (Å²) in [5.74, 6) is 4.66. The Balaban J connectivity index is 2.18. The van der Waals surface area contributed by atoms with Gasteiger partial charge in [0.1, 0.15) is 18.4 Å². The molecule has 1 amide bonds. The van der Waals surface area contributed by atoms with Crippen molar-refractivity contribution < 1.29 is 27.9 Å². The van der Waals surface area contributed by atoms with Crippen molar-refractivity contribution >= 4 is 21.9 Å². The Hall–Kier alpha value is -2.61. The Morgan fingerprint density at radius 1 is 1.30 bits per heavy atom. The predicted molar refractivity (Wildman–Crippen MR) is 110 cm³/mol. The molecule has 3 atom stereocenters. The van der Waals surface area contributed by atoms with Crippen molar-refractivity contribution in [2.45, 2.75) is 43.8 Å². The standard InChI is InChI=1S/C20H27N3O6S/c1-14(21-4)6-5-13-29-17-7-9-18(10-8-17)30(27,28)23-12-11-22(16(3)24)15(2)19(23)20(25)26/h7-10,14-15,19,21H,11-13H2,1-4H3,(H,25,26). The molecule has 10 heteroatoms. The molecule has 1 aliphatic rings. The summed E-state index contributed by atoms with van der Waals surface area (Å²) in [6.07, 6.45) is 0. The molecule has 0 aromatic heterocycles. The Morgan fingerprint density at radius 3 is 2.47 bits per heavy atom. The monoisotopic (exact) mass is 437 g/mol. The summed E-state index contributed by atoms with van der Waals surface area (Å²) in [5.41, 5.74) is 0. The van der Waals surface area contributed by atoms with E-state index in [-0.39, 0.29) is 36.5 Å². The molecule has 1 saturated heterocycles. The maximum atomic E-state index is 13.1. The molecular weight excluding hydrogens is 410 g/mol. The van der Waals surface area contributed by atoms with E-state index in [1.54, 1.807) is 7.05 Å². The van der Waals surface area contributed by atoms with Crippen molar-refractivity contribution in [1.29, 1.82) is 0 Å². The SMILES string of the molecule is CNC(C)C#CCOc1ccc(S(=O)(=O)N2CCN(C(C)=O)C(C)C2C(=O)O)cc1. The third kappa shape index (κ3) is 5.30.